The molecule has 1 atom stereocenters. The highest BCUT2D eigenvalue weighted by Crippen LogP contribution is 2.23. The first kappa shape index (κ1) is 19.1. The van der Waals surface area contributed by atoms with E-state index in [9.17, 15) is 4.79 Å². The van der Waals surface area contributed by atoms with E-state index in [1.54, 1.807) is 6.92 Å². The number of hydrogen-bond donors (Lipinski definition) is 0. The van der Waals surface area contributed by atoms with Crippen molar-refractivity contribution in [3.8, 4) is 0 Å². The molecule has 0 spiro atoms. The normalized spacial score (nSPS) is 23.7. The third-order valence-corrected chi connectivity index (χ3v) is 5.35. The smallest absolute Gasteiger partial charge is 0.435 e. The van der Waals surface area contributed by atoms with Crippen LogP contribution in [-0.4, -0.2) is 79.5 Å². The van der Waals surface area contributed by atoms with Gasteiger partial charge in [0.05, 0.1) is 6.61 Å². The van der Waals surface area contributed by atoms with Crippen molar-refractivity contribution in [3.05, 3.63) is 35.9 Å². The second-order valence-electron chi connectivity index (χ2n) is 7.25. The van der Waals surface area contributed by atoms with Crippen molar-refractivity contribution < 1.29 is 14.3 Å². The zero-order chi connectivity index (χ0) is 18.4. The van der Waals surface area contributed by atoms with Gasteiger partial charge in [0.15, 0.2) is 6.23 Å². The number of hydrogen-bond acceptors (Lipinski definition) is 6. The van der Waals surface area contributed by atoms with E-state index < -0.39 is 6.16 Å². The molecule has 6 heteroatoms. The summed E-state index contributed by atoms with van der Waals surface area (Å²) in [5.41, 5.74) is 1.37. The lowest BCUT2D eigenvalue weighted by atomic mass is 10.0. The first-order valence-electron chi connectivity index (χ1n) is 9.69. The molecule has 0 saturated carbocycles. The SMILES string of the molecule is CCOC(=O)OC1CN(C)CCN1C1CCN(Cc2ccccc2)CC1. The Morgan fingerprint density at radius 1 is 1.12 bits per heavy atom. The zero-order valence-corrected chi connectivity index (χ0v) is 16.0. The molecular weight excluding hydrogens is 330 g/mol. The van der Waals surface area contributed by atoms with E-state index in [2.05, 4.69) is 52.1 Å². The summed E-state index contributed by atoms with van der Waals surface area (Å²) < 4.78 is 10.6. The maximum absolute atomic E-state index is 11.8. The van der Waals surface area contributed by atoms with Crippen LogP contribution in [0, 0.1) is 0 Å². The Labute approximate surface area is 156 Å². The minimum absolute atomic E-state index is 0.210. The van der Waals surface area contributed by atoms with Gasteiger partial charge in [0.1, 0.15) is 0 Å². The Hall–Kier alpha value is -1.63. The molecule has 0 amide bonds. The Bertz CT molecular complexity index is 561. The van der Waals surface area contributed by atoms with Crippen LogP contribution >= 0.6 is 0 Å². The number of likely N-dealkylation sites (N-methyl/N-ethyl adjacent to an activating group) is 1. The maximum Gasteiger partial charge on any atom is 0.509 e. The van der Waals surface area contributed by atoms with Crippen molar-refractivity contribution in [2.45, 2.75) is 38.6 Å². The Morgan fingerprint density at radius 3 is 2.54 bits per heavy atom. The largest absolute Gasteiger partial charge is 0.509 e. The molecule has 0 N–H and O–H groups in total. The average molecular weight is 361 g/mol. The summed E-state index contributed by atoms with van der Waals surface area (Å²) in [7, 11) is 2.07. The second-order valence-corrected chi connectivity index (χ2v) is 7.25. The highest BCUT2D eigenvalue weighted by atomic mass is 16.7. The van der Waals surface area contributed by atoms with Crippen LogP contribution in [0.5, 0.6) is 0 Å². The predicted molar refractivity (Wildman–Crippen MR) is 101 cm³/mol. The number of carbonyl (C=O) groups is 1. The number of carbonyl (C=O) groups excluding carboxylic acids is 1. The summed E-state index contributed by atoms with van der Waals surface area (Å²) >= 11 is 0. The standard InChI is InChI=1S/C20H31N3O3/c1-3-25-20(24)26-19-16-21(2)13-14-23(19)18-9-11-22(12-10-18)15-17-7-5-4-6-8-17/h4-8,18-19H,3,9-16H2,1-2H3. The molecule has 3 rings (SSSR count). The summed E-state index contributed by atoms with van der Waals surface area (Å²) in [4.78, 5) is 18.9. The molecule has 6 nitrogen and oxygen atoms in total. The van der Waals surface area contributed by atoms with Crippen molar-refractivity contribution in [1.82, 2.24) is 14.7 Å². The van der Waals surface area contributed by atoms with Gasteiger partial charge in [-0.15, -0.1) is 0 Å². The van der Waals surface area contributed by atoms with Crippen LogP contribution in [0.1, 0.15) is 25.3 Å². The number of rotatable bonds is 5. The van der Waals surface area contributed by atoms with Gasteiger partial charge in [0.25, 0.3) is 0 Å². The number of ether oxygens (including phenoxy) is 2. The predicted octanol–water partition coefficient (Wildman–Crippen LogP) is 2.40. The second kappa shape index (κ2) is 9.35. The van der Waals surface area contributed by atoms with Crippen molar-refractivity contribution >= 4 is 6.16 Å². The lowest BCUT2D eigenvalue weighted by Gasteiger charge is -2.45. The summed E-state index contributed by atoms with van der Waals surface area (Å²) in [6.07, 6.45) is 1.45. The number of benzene rings is 1. The van der Waals surface area contributed by atoms with E-state index in [4.69, 9.17) is 9.47 Å². The van der Waals surface area contributed by atoms with E-state index in [-0.39, 0.29) is 6.23 Å². The Kier molecular flexibility index (Phi) is 6.88. The van der Waals surface area contributed by atoms with Gasteiger partial charge < -0.3 is 14.4 Å². The van der Waals surface area contributed by atoms with Crippen LogP contribution < -0.4 is 0 Å². The van der Waals surface area contributed by atoms with E-state index in [1.807, 2.05) is 0 Å². The molecule has 2 aliphatic rings. The minimum atomic E-state index is -0.556. The van der Waals surface area contributed by atoms with Crippen LogP contribution in [0.3, 0.4) is 0 Å². The number of nitrogens with zero attached hydrogens (tertiary/aromatic N) is 3. The first-order valence-corrected chi connectivity index (χ1v) is 9.69. The van der Waals surface area contributed by atoms with E-state index in [0.717, 1.165) is 52.1 Å². The average Bonchev–Trinajstić information content (AvgIpc) is 2.64. The molecule has 0 aliphatic carbocycles. The van der Waals surface area contributed by atoms with Crippen LogP contribution in [-0.2, 0) is 16.0 Å². The molecule has 2 heterocycles. The highest BCUT2D eigenvalue weighted by Gasteiger charge is 2.35. The van der Waals surface area contributed by atoms with Crippen molar-refractivity contribution in [3.63, 3.8) is 0 Å². The fraction of sp³-hybridized carbons (Fsp3) is 0.650. The molecule has 1 unspecified atom stereocenters. The van der Waals surface area contributed by atoms with Crippen LogP contribution in [0.2, 0.25) is 0 Å². The molecule has 2 saturated heterocycles. The minimum Gasteiger partial charge on any atom is -0.435 e. The van der Waals surface area contributed by atoms with Crippen molar-refractivity contribution in [2.24, 2.45) is 0 Å². The van der Waals surface area contributed by atoms with Gasteiger partial charge in [-0.1, -0.05) is 30.3 Å². The summed E-state index contributed by atoms with van der Waals surface area (Å²) in [5.74, 6) is 0. The van der Waals surface area contributed by atoms with Gasteiger partial charge in [0, 0.05) is 32.2 Å². The topological polar surface area (TPSA) is 45.3 Å². The lowest BCUT2D eigenvalue weighted by molar-refractivity contribution is -0.105. The lowest BCUT2D eigenvalue weighted by Crippen LogP contribution is -2.58. The summed E-state index contributed by atoms with van der Waals surface area (Å²) in [6.45, 7) is 8.00. The molecular formula is C20H31N3O3. The quantitative estimate of drug-likeness (QED) is 0.751. The number of likely N-dealkylation sites (tertiary alicyclic amines) is 1. The van der Waals surface area contributed by atoms with Gasteiger partial charge in [-0.25, -0.2) is 4.79 Å². The van der Waals surface area contributed by atoms with E-state index in [0.29, 0.717) is 12.6 Å². The van der Waals surface area contributed by atoms with Gasteiger partial charge in [-0.2, -0.15) is 0 Å². The van der Waals surface area contributed by atoms with Crippen molar-refractivity contribution in [2.75, 3.05) is 46.4 Å². The van der Waals surface area contributed by atoms with Gasteiger partial charge in [-0.05, 0) is 45.5 Å². The summed E-state index contributed by atoms with van der Waals surface area (Å²) in [5, 5.41) is 0. The fourth-order valence-electron chi connectivity index (χ4n) is 3.93. The van der Waals surface area contributed by atoms with Crippen LogP contribution in [0.25, 0.3) is 0 Å². The molecule has 1 aromatic carbocycles. The van der Waals surface area contributed by atoms with Crippen LogP contribution in [0.4, 0.5) is 4.79 Å². The molecule has 2 fully saturated rings. The zero-order valence-electron chi connectivity index (χ0n) is 16.0. The van der Waals surface area contributed by atoms with Crippen LogP contribution in [0.15, 0.2) is 30.3 Å². The van der Waals surface area contributed by atoms with Gasteiger partial charge in [-0.3, -0.25) is 9.80 Å². The first-order chi connectivity index (χ1) is 12.7. The van der Waals surface area contributed by atoms with Gasteiger partial charge >= 0.3 is 6.16 Å². The number of piperidine rings is 1. The van der Waals surface area contributed by atoms with Gasteiger partial charge in [0.2, 0.25) is 0 Å². The molecule has 0 bridgehead atoms. The highest BCUT2D eigenvalue weighted by molar-refractivity contribution is 5.60. The summed E-state index contributed by atoms with van der Waals surface area (Å²) in [6, 6.07) is 11.1. The van der Waals surface area contributed by atoms with E-state index >= 15 is 0 Å². The Balaban J connectivity index is 1.53. The molecule has 0 radical (unpaired) electrons. The Morgan fingerprint density at radius 2 is 1.85 bits per heavy atom. The van der Waals surface area contributed by atoms with E-state index in [1.165, 1.54) is 5.56 Å². The monoisotopic (exact) mass is 361 g/mol. The number of piperazine rings is 1. The third kappa shape index (κ3) is 5.19. The molecule has 26 heavy (non-hydrogen) atoms. The third-order valence-electron chi connectivity index (χ3n) is 5.35. The van der Waals surface area contributed by atoms with Crippen molar-refractivity contribution in [1.29, 1.82) is 0 Å². The molecule has 0 aromatic heterocycles. The maximum atomic E-state index is 11.8. The molecule has 1 aromatic rings. The fourth-order valence-corrected chi connectivity index (χ4v) is 3.93. The molecule has 2 aliphatic heterocycles. The molecule has 144 valence electrons.